The molecule has 0 saturated carbocycles. The van der Waals surface area contributed by atoms with Gasteiger partial charge in [-0.25, -0.2) is 4.79 Å². The summed E-state index contributed by atoms with van der Waals surface area (Å²) in [5, 5.41) is 0. The molecule has 0 radical (unpaired) electrons. The zero-order chi connectivity index (χ0) is 11.4. The maximum Gasteiger partial charge on any atom is 0.415 e. The van der Waals surface area contributed by atoms with Gasteiger partial charge in [0.25, 0.3) is 0 Å². The van der Waals surface area contributed by atoms with Gasteiger partial charge in [0.15, 0.2) is 0 Å². The molecule has 1 saturated heterocycles. The van der Waals surface area contributed by atoms with Crippen LogP contribution in [0.15, 0.2) is 30.3 Å². The maximum absolute atomic E-state index is 11.6. The molecular formula is C11H11NO2S2. The van der Waals surface area contributed by atoms with Crippen molar-refractivity contribution < 1.29 is 9.53 Å². The van der Waals surface area contributed by atoms with Gasteiger partial charge in [0, 0.05) is 12.3 Å². The van der Waals surface area contributed by atoms with Gasteiger partial charge in [-0.15, -0.1) is 0 Å². The molecule has 5 heteroatoms. The molecule has 0 unspecified atom stereocenters. The first-order valence-corrected chi connectivity index (χ1v) is 6.32. The summed E-state index contributed by atoms with van der Waals surface area (Å²) in [6, 6.07) is 9.60. The number of rotatable bonds is 2. The third-order valence-electron chi connectivity index (χ3n) is 2.19. The van der Waals surface area contributed by atoms with E-state index >= 15 is 0 Å². The molecule has 3 nitrogen and oxygen atoms in total. The van der Waals surface area contributed by atoms with Crippen LogP contribution in [0, 0.1) is 0 Å². The predicted octanol–water partition coefficient (Wildman–Crippen LogP) is 2.66. The molecule has 1 fully saturated rings. The molecule has 1 aromatic rings. The Morgan fingerprint density at radius 3 is 2.81 bits per heavy atom. The van der Waals surface area contributed by atoms with Crippen LogP contribution in [0.5, 0.6) is 0 Å². The van der Waals surface area contributed by atoms with Crippen molar-refractivity contribution in [3.63, 3.8) is 0 Å². The summed E-state index contributed by atoms with van der Waals surface area (Å²) in [4.78, 5) is 13.1. The highest BCUT2D eigenvalue weighted by Crippen LogP contribution is 2.18. The van der Waals surface area contributed by atoms with Crippen LogP contribution in [-0.4, -0.2) is 27.6 Å². The summed E-state index contributed by atoms with van der Waals surface area (Å²) >= 11 is 6.55. The van der Waals surface area contributed by atoms with Gasteiger partial charge in [-0.1, -0.05) is 54.3 Å². The van der Waals surface area contributed by atoms with E-state index in [1.165, 1.54) is 16.7 Å². The van der Waals surface area contributed by atoms with Crippen LogP contribution < -0.4 is 0 Å². The van der Waals surface area contributed by atoms with Gasteiger partial charge in [0.1, 0.15) is 10.9 Å². The normalized spacial score (nSPS) is 15.2. The monoisotopic (exact) mass is 253 g/mol. The van der Waals surface area contributed by atoms with E-state index in [9.17, 15) is 4.79 Å². The number of hydrogen-bond acceptors (Lipinski definition) is 4. The van der Waals surface area contributed by atoms with Gasteiger partial charge in [-0.05, 0) is 5.56 Å². The lowest BCUT2D eigenvalue weighted by Crippen LogP contribution is -2.31. The third kappa shape index (κ3) is 2.74. The van der Waals surface area contributed by atoms with E-state index in [2.05, 4.69) is 0 Å². The van der Waals surface area contributed by atoms with Crippen molar-refractivity contribution in [2.24, 2.45) is 0 Å². The van der Waals surface area contributed by atoms with Crippen LogP contribution in [-0.2, 0) is 11.3 Å². The molecule has 0 spiro atoms. The van der Waals surface area contributed by atoms with E-state index in [-0.39, 0.29) is 6.09 Å². The number of carbonyl (C=O) groups is 1. The Balaban J connectivity index is 1.86. The Morgan fingerprint density at radius 1 is 1.44 bits per heavy atom. The van der Waals surface area contributed by atoms with Crippen LogP contribution in [0.1, 0.15) is 5.56 Å². The molecule has 1 heterocycles. The van der Waals surface area contributed by atoms with E-state index < -0.39 is 0 Å². The van der Waals surface area contributed by atoms with Gasteiger partial charge in [-0.3, -0.25) is 4.90 Å². The number of hydrogen-bond donors (Lipinski definition) is 0. The SMILES string of the molecule is O=C(OCc1ccccc1)N1CCSC1=S. The molecule has 84 valence electrons. The lowest BCUT2D eigenvalue weighted by Gasteiger charge is -2.14. The first-order valence-electron chi connectivity index (χ1n) is 4.92. The minimum absolute atomic E-state index is 0.295. The highest BCUT2D eigenvalue weighted by molar-refractivity contribution is 8.23. The zero-order valence-electron chi connectivity index (χ0n) is 8.59. The van der Waals surface area contributed by atoms with Crippen LogP contribution in [0.25, 0.3) is 0 Å². The second kappa shape index (κ2) is 5.32. The third-order valence-corrected chi connectivity index (χ3v) is 3.61. The highest BCUT2D eigenvalue weighted by Gasteiger charge is 2.25. The van der Waals surface area contributed by atoms with Gasteiger partial charge >= 0.3 is 6.09 Å². The smallest absolute Gasteiger partial charge is 0.415 e. The lowest BCUT2D eigenvalue weighted by molar-refractivity contribution is 0.119. The Kier molecular flexibility index (Phi) is 3.79. The molecule has 0 atom stereocenters. The first-order chi connectivity index (χ1) is 7.77. The van der Waals surface area contributed by atoms with Crippen molar-refractivity contribution in [1.29, 1.82) is 0 Å². The van der Waals surface area contributed by atoms with Crippen molar-refractivity contribution in [3.05, 3.63) is 35.9 Å². The standard InChI is InChI=1S/C11H11NO2S2/c13-10(12-6-7-16-11(12)15)14-8-9-4-2-1-3-5-9/h1-5H,6-8H2. The summed E-state index contributed by atoms with van der Waals surface area (Å²) in [5.74, 6) is 0.860. The molecule has 2 rings (SSSR count). The van der Waals surface area contributed by atoms with E-state index in [0.29, 0.717) is 17.5 Å². The van der Waals surface area contributed by atoms with E-state index in [4.69, 9.17) is 17.0 Å². The molecule has 0 N–H and O–H groups in total. The Morgan fingerprint density at radius 2 is 2.19 bits per heavy atom. The molecule has 1 amide bonds. The van der Waals surface area contributed by atoms with Gasteiger partial charge < -0.3 is 4.74 Å². The summed E-state index contributed by atoms with van der Waals surface area (Å²) in [5.41, 5.74) is 0.980. The van der Waals surface area contributed by atoms with Crippen LogP contribution in [0.4, 0.5) is 4.79 Å². The molecule has 1 aliphatic rings. The molecule has 0 aromatic heterocycles. The Labute approximate surface area is 104 Å². The molecule has 16 heavy (non-hydrogen) atoms. The number of thiocarbonyl (C=S) groups is 1. The fraction of sp³-hybridized carbons (Fsp3) is 0.273. The van der Waals surface area contributed by atoms with Gasteiger partial charge in [0.2, 0.25) is 0 Å². The largest absolute Gasteiger partial charge is 0.444 e. The molecule has 0 bridgehead atoms. The maximum atomic E-state index is 11.6. The highest BCUT2D eigenvalue weighted by atomic mass is 32.2. The Hall–Kier alpha value is -1.07. The number of amides is 1. The molecule has 1 aliphatic heterocycles. The Bertz CT molecular complexity index is 394. The topological polar surface area (TPSA) is 29.5 Å². The summed E-state index contributed by atoms with van der Waals surface area (Å²) in [7, 11) is 0. The molecule has 1 aromatic carbocycles. The predicted molar refractivity (Wildman–Crippen MR) is 68.4 cm³/mol. The van der Waals surface area contributed by atoms with Crippen molar-refractivity contribution in [2.75, 3.05) is 12.3 Å². The quantitative estimate of drug-likeness (QED) is 0.758. The average Bonchev–Trinajstić information content (AvgIpc) is 2.74. The van der Waals surface area contributed by atoms with Crippen LogP contribution in [0.2, 0.25) is 0 Å². The second-order valence-corrected chi connectivity index (χ2v) is 5.03. The first kappa shape index (κ1) is 11.4. The van der Waals surface area contributed by atoms with Crippen molar-refractivity contribution in [2.45, 2.75) is 6.61 Å². The number of nitrogens with zero attached hydrogens (tertiary/aromatic N) is 1. The fourth-order valence-electron chi connectivity index (χ4n) is 1.36. The number of ether oxygens (including phenoxy) is 1. The summed E-state index contributed by atoms with van der Waals surface area (Å²) < 4.78 is 5.78. The van der Waals surface area contributed by atoms with Gasteiger partial charge in [0.05, 0.1) is 0 Å². The van der Waals surface area contributed by atoms with Crippen molar-refractivity contribution in [1.82, 2.24) is 4.90 Å². The molecule has 0 aliphatic carbocycles. The van der Waals surface area contributed by atoms with E-state index in [1.807, 2.05) is 30.3 Å². The zero-order valence-corrected chi connectivity index (χ0v) is 10.2. The van der Waals surface area contributed by atoms with Crippen molar-refractivity contribution >= 4 is 34.4 Å². The minimum Gasteiger partial charge on any atom is -0.444 e. The van der Waals surface area contributed by atoms with E-state index in [0.717, 1.165) is 11.3 Å². The van der Waals surface area contributed by atoms with Crippen LogP contribution >= 0.6 is 24.0 Å². The number of benzene rings is 1. The summed E-state index contributed by atoms with van der Waals surface area (Å²) in [6.07, 6.45) is -0.348. The minimum atomic E-state index is -0.348. The lowest BCUT2D eigenvalue weighted by atomic mass is 10.2. The molecular weight excluding hydrogens is 242 g/mol. The number of thioether (sulfide) groups is 1. The fourth-order valence-corrected chi connectivity index (χ4v) is 2.54. The number of carbonyl (C=O) groups excluding carboxylic acids is 1. The van der Waals surface area contributed by atoms with Gasteiger partial charge in [-0.2, -0.15) is 0 Å². The van der Waals surface area contributed by atoms with Crippen molar-refractivity contribution in [3.8, 4) is 0 Å². The average molecular weight is 253 g/mol. The summed E-state index contributed by atoms with van der Waals surface area (Å²) in [6.45, 7) is 0.945. The van der Waals surface area contributed by atoms with E-state index in [1.54, 1.807) is 0 Å². The van der Waals surface area contributed by atoms with Crippen LogP contribution in [0.3, 0.4) is 0 Å². The second-order valence-electron chi connectivity index (χ2n) is 3.31.